The number of piperazine rings is 1. The molecule has 148 valence electrons. The predicted octanol–water partition coefficient (Wildman–Crippen LogP) is 3.59. The molecule has 0 aromatic heterocycles. The van der Waals surface area contributed by atoms with Crippen LogP contribution in [0.15, 0.2) is 60.7 Å². The summed E-state index contributed by atoms with van der Waals surface area (Å²) in [5.41, 5.74) is 9.08. The Kier molecular flexibility index (Phi) is 5.93. The number of carbonyl (C=O) groups excluding carboxylic acids is 1. The van der Waals surface area contributed by atoms with Crippen molar-refractivity contribution in [2.24, 2.45) is 11.7 Å². The Morgan fingerprint density at radius 2 is 1.50 bits per heavy atom. The van der Waals surface area contributed by atoms with Crippen LogP contribution in [0.2, 0.25) is 0 Å². The topological polar surface area (TPSA) is 58.8 Å². The Balaban J connectivity index is 1.44. The second-order valence-corrected chi connectivity index (χ2v) is 7.84. The molecule has 0 spiro atoms. The summed E-state index contributed by atoms with van der Waals surface area (Å²) in [5, 5.41) is 0. The van der Waals surface area contributed by atoms with E-state index in [1.54, 1.807) is 0 Å². The number of hydrogen-bond acceptors (Lipinski definition) is 4. The summed E-state index contributed by atoms with van der Waals surface area (Å²) >= 11 is 0. The van der Waals surface area contributed by atoms with Crippen molar-refractivity contribution in [2.45, 2.75) is 24.9 Å². The first kappa shape index (κ1) is 19.0. The normalized spacial score (nSPS) is 19.8. The maximum absolute atomic E-state index is 12.3. The molecule has 2 N–H and O–H groups in total. The lowest BCUT2D eigenvalue weighted by molar-refractivity contribution is 0.0562. The van der Waals surface area contributed by atoms with Crippen LogP contribution >= 0.6 is 0 Å². The quantitative estimate of drug-likeness (QED) is 0.833. The molecule has 1 aliphatic heterocycles. The van der Waals surface area contributed by atoms with Crippen LogP contribution in [-0.4, -0.2) is 48.7 Å². The Labute approximate surface area is 167 Å². The van der Waals surface area contributed by atoms with Gasteiger partial charge in [-0.2, -0.15) is 0 Å². The Morgan fingerprint density at radius 3 is 2.07 bits per heavy atom. The predicted molar refractivity (Wildman–Crippen MR) is 110 cm³/mol. The summed E-state index contributed by atoms with van der Waals surface area (Å²) in [6.45, 7) is 3.50. The number of amides is 1. The van der Waals surface area contributed by atoms with Gasteiger partial charge in [0, 0.05) is 32.2 Å². The molecule has 0 unspecified atom stereocenters. The number of benzene rings is 2. The third kappa shape index (κ3) is 4.54. The first-order valence-electron chi connectivity index (χ1n) is 10.2. The highest BCUT2D eigenvalue weighted by Crippen LogP contribution is 2.33. The summed E-state index contributed by atoms with van der Waals surface area (Å²) < 4.78 is 5.45. The van der Waals surface area contributed by atoms with E-state index in [-0.39, 0.29) is 18.2 Å². The van der Waals surface area contributed by atoms with Gasteiger partial charge in [-0.3, -0.25) is 4.90 Å². The van der Waals surface area contributed by atoms with Gasteiger partial charge in [-0.25, -0.2) is 4.79 Å². The number of carbonyl (C=O) groups is 1. The zero-order valence-electron chi connectivity index (χ0n) is 16.2. The monoisotopic (exact) mass is 379 g/mol. The van der Waals surface area contributed by atoms with Crippen LogP contribution in [0.25, 0.3) is 0 Å². The molecule has 1 saturated carbocycles. The largest absolute Gasteiger partial charge is 0.449 e. The number of nitrogens with two attached hydrogens (primary N) is 1. The van der Waals surface area contributed by atoms with E-state index < -0.39 is 0 Å². The highest BCUT2D eigenvalue weighted by Gasteiger charge is 2.32. The molecular formula is C23H29N3O2. The zero-order chi connectivity index (χ0) is 19.3. The van der Waals surface area contributed by atoms with Crippen molar-refractivity contribution in [3.05, 3.63) is 71.8 Å². The molecule has 28 heavy (non-hydrogen) atoms. The molecule has 2 aromatic carbocycles. The molecule has 2 aliphatic rings. The van der Waals surface area contributed by atoms with Gasteiger partial charge >= 0.3 is 6.09 Å². The second kappa shape index (κ2) is 8.76. The smallest absolute Gasteiger partial charge is 0.409 e. The highest BCUT2D eigenvalue weighted by molar-refractivity contribution is 5.67. The van der Waals surface area contributed by atoms with Crippen LogP contribution < -0.4 is 5.73 Å². The second-order valence-electron chi connectivity index (χ2n) is 7.84. The van der Waals surface area contributed by atoms with Crippen molar-refractivity contribution < 1.29 is 9.53 Å². The molecule has 4 rings (SSSR count). The first-order valence-corrected chi connectivity index (χ1v) is 10.2. The van der Waals surface area contributed by atoms with Gasteiger partial charge in [-0.05, 0) is 29.9 Å². The maximum Gasteiger partial charge on any atom is 0.409 e. The average Bonchev–Trinajstić information content (AvgIpc) is 3.59. The molecule has 1 amide bonds. The molecule has 5 nitrogen and oxygen atoms in total. The first-order chi connectivity index (χ1) is 13.7. The molecule has 1 heterocycles. The molecule has 2 fully saturated rings. The van der Waals surface area contributed by atoms with Crippen molar-refractivity contribution in [2.75, 3.05) is 32.8 Å². The minimum atomic E-state index is -0.171. The van der Waals surface area contributed by atoms with Crippen LogP contribution in [0.4, 0.5) is 4.79 Å². The van der Waals surface area contributed by atoms with Crippen LogP contribution in [0, 0.1) is 5.92 Å². The molecular weight excluding hydrogens is 350 g/mol. The zero-order valence-corrected chi connectivity index (χ0v) is 16.2. The van der Waals surface area contributed by atoms with Gasteiger partial charge in [0.2, 0.25) is 0 Å². The van der Waals surface area contributed by atoms with E-state index >= 15 is 0 Å². The molecule has 1 aliphatic carbocycles. The number of ether oxygens (including phenoxy) is 1. The maximum atomic E-state index is 12.3. The van der Waals surface area contributed by atoms with Crippen LogP contribution in [-0.2, 0) is 4.74 Å². The molecule has 2 atom stereocenters. The number of nitrogens with zero attached hydrogens (tertiary/aromatic N) is 2. The lowest BCUT2D eigenvalue weighted by Crippen LogP contribution is -2.51. The van der Waals surface area contributed by atoms with Gasteiger partial charge in [0.05, 0.1) is 12.6 Å². The third-order valence-corrected chi connectivity index (χ3v) is 5.77. The van der Waals surface area contributed by atoms with Gasteiger partial charge in [-0.15, -0.1) is 0 Å². The van der Waals surface area contributed by atoms with Crippen LogP contribution in [0.3, 0.4) is 0 Å². The number of rotatable bonds is 6. The van der Waals surface area contributed by atoms with E-state index in [4.69, 9.17) is 10.5 Å². The van der Waals surface area contributed by atoms with Crippen molar-refractivity contribution in [3.8, 4) is 0 Å². The third-order valence-electron chi connectivity index (χ3n) is 5.77. The van der Waals surface area contributed by atoms with E-state index in [9.17, 15) is 4.79 Å². The molecule has 1 saturated heterocycles. The Bertz CT molecular complexity index is 756. The van der Waals surface area contributed by atoms with Crippen molar-refractivity contribution in [1.29, 1.82) is 0 Å². The fourth-order valence-corrected chi connectivity index (χ4v) is 3.90. The van der Waals surface area contributed by atoms with Crippen LogP contribution in [0.1, 0.15) is 36.1 Å². The molecule has 0 radical (unpaired) electrons. The van der Waals surface area contributed by atoms with Gasteiger partial charge < -0.3 is 15.4 Å². The minimum Gasteiger partial charge on any atom is -0.449 e. The highest BCUT2D eigenvalue weighted by atomic mass is 16.6. The summed E-state index contributed by atoms with van der Waals surface area (Å²) in [5.74, 6) is 0.594. The SMILES string of the molecule is N[C@@H](c1ccccc1)[C@@H](c1ccccc1)N1CCN(C(=O)OCC2CC2)CC1. The summed E-state index contributed by atoms with van der Waals surface area (Å²) in [4.78, 5) is 16.5. The van der Waals surface area contributed by atoms with Gasteiger partial charge in [0.1, 0.15) is 0 Å². The van der Waals surface area contributed by atoms with Crippen molar-refractivity contribution in [1.82, 2.24) is 9.80 Å². The summed E-state index contributed by atoms with van der Waals surface area (Å²) in [6, 6.07) is 20.6. The summed E-state index contributed by atoms with van der Waals surface area (Å²) in [7, 11) is 0. The van der Waals surface area contributed by atoms with E-state index in [1.807, 2.05) is 29.2 Å². The van der Waals surface area contributed by atoms with E-state index in [2.05, 4.69) is 41.3 Å². The molecule has 0 bridgehead atoms. The van der Waals surface area contributed by atoms with Crippen LogP contribution in [0.5, 0.6) is 0 Å². The number of hydrogen-bond donors (Lipinski definition) is 1. The molecule has 5 heteroatoms. The van der Waals surface area contributed by atoms with Crippen molar-refractivity contribution in [3.63, 3.8) is 0 Å². The average molecular weight is 380 g/mol. The van der Waals surface area contributed by atoms with E-state index in [1.165, 1.54) is 18.4 Å². The van der Waals surface area contributed by atoms with Crippen molar-refractivity contribution >= 4 is 6.09 Å². The van der Waals surface area contributed by atoms with Gasteiger partial charge in [0.25, 0.3) is 0 Å². The fourth-order valence-electron chi connectivity index (χ4n) is 3.90. The summed E-state index contributed by atoms with van der Waals surface area (Å²) in [6.07, 6.45) is 2.21. The van der Waals surface area contributed by atoms with E-state index in [0.717, 1.165) is 18.7 Å². The Morgan fingerprint density at radius 1 is 0.929 bits per heavy atom. The lowest BCUT2D eigenvalue weighted by atomic mass is 9.92. The minimum absolute atomic E-state index is 0.0771. The van der Waals surface area contributed by atoms with E-state index in [0.29, 0.717) is 25.6 Å². The van der Waals surface area contributed by atoms with Gasteiger partial charge in [0.15, 0.2) is 0 Å². The molecule has 2 aromatic rings. The Hall–Kier alpha value is -2.37. The lowest BCUT2D eigenvalue weighted by Gasteiger charge is -2.41. The van der Waals surface area contributed by atoms with Gasteiger partial charge in [-0.1, -0.05) is 60.7 Å². The standard InChI is InChI=1S/C23H29N3O2/c24-21(19-7-3-1-4-8-19)22(20-9-5-2-6-10-20)25-13-15-26(16-14-25)23(27)28-17-18-11-12-18/h1-10,18,21-22H,11-17,24H2/t21-,22+/m0/s1. The fraction of sp³-hybridized carbons (Fsp3) is 0.435.